The van der Waals surface area contributed by atoms with Crippen molar-refractivity contribution in [3.63, 3.8) is 0 Å². The molecule has 1 aliphatic heterocycles. The zero-order valence-corrected chi connectivity index (χ0v) is 8.06. The summed E-state index contributed by atoms with van der Waals surface area (Å²) in [7, 11) is 0. The Hall–Kier alpha value is -1.82. The zero-order chi connectivity index (χ0) is 10.1. The Kier molecular flexibility index (Phi) is 1.92. The number of nitrogens with zero attached hydrogens (tertiary/aromatic N) is 4. The Labute approximate surface area is 86.2 Å². The van der Waals surface area contributed by atoms with E-state index in [1.54, 1.807) is 6.20 Å². The Morgan fingerprint density at radius 3 is 3.13 bits per heavy atom. The molecule has 0 bridgehead atoms. The first-order valence-electron chi connectivity index (χ1n) is 4.85. The lowest BCUT2D eigenvalue weighted by Crippen LogP contribution is -2.24. The highest BCUT2D eigenvalue weighted by Gasteiger charge is 2.13. The van der Waals surface area contributed by atoms with Gasteiger partial charge in [-0.25, -0.2) is 9.97 Å². The molecule has 1 aliphatic rings. The molecule has 2 aromatic rings. The van der Waals surface area contributed by atoms with Crippen LogP contribution in [0.2, 0.25) is 0 Å². The minimum atomic E-state index is 0.643. The summed E-state index contributed by atoms with van der Waals surface area (Å²) in [5.41, 5.74) is 2.98. The number of H-pyrrole nitrogens is 1. The van der Waals surface area contributed by atoms with Crippen molar-refractivity contribution in [3.05, 3.63) is 23.7 Å². The molecule has 0 saturated heterocycles. The van der Waals surface area contributed by atoms with E-state index in [2.05, 4.69) is 30.7 Å². The van der Waals surface area contributed by atoms with Crippen LogP contribution in [0.4, 0.5) is 0 Å². The third kappa shape index (κ3) is 1.48. The summed E-state index contributed by atoms with van der Waals surface area (Å²) in [6.45, 7) is 1.83. The molecule has 0 amide bonds. The Bertz CT molecular complexity index is 463. The molecule has 0 aromatic carbocycles. The maximum Gasteiger partial charge on any atom is 0.181 e. The average Bonchev–Trinajstić information content (AvgIpc) is 2.82. The molecule has 3 heterocycles. The van der Waals surface area contributed by atoms with Gasteiger partial charge >= 0.3 is 0 Å². The summed E-state index contributed by atoms with van der Waals surface area (Å²) in [4.78, 5) is 8.74. The number of fused-ring (bicyclic) bond motifs is 1. The second-order valence-corrected chi connectivity index (χ2v) is 3.45. The van der Waals surface area contributed by atoms with Crippen LogP contribution < -0.4 is 5.32 Å². The average molecular weight is 202 g/mol. The van der Waals surface area contributed by atoms with Crippen molar-refractivity contribution in [1.82, 2.24) is 30.7 Å². The lowest BCUT2D eigenvalue weighted by atomic mass is 10.1. The van der Waals surface area contributed by atoms with Gasteiger partial charge in [-0.1, -0.05) is 0 Å². The van der Waals surface area contributed by atoms with Crippen molar-refractivity contribution in [3.8, 4) is 11.5 Å². The van der Waals surface area contributed by atoms with Crippen LogP contribution in [0.5, 0.6) is 0 Å². The highest BCUT2D eigenvalue weighted by atomic mass is 15.3. The van der Waals surface area contributed by atoms with E-state index in [1.807, 2.05) is 6.20 Å². The second-order valence-electron chi connectivity index (χ2n) is 3.45. The van der Waals surface area contributed by atoms with Crippen molar-refractivity contribution < 1.29 is 0 Å². The van der Waals surface area contributed by atoms with Gasteiger partial charge in [-0.2, -0.15) is 15.4 Å². The minimum Gasteiger partial charge on any atom is -0.312 e. The van der Waals surface area contributed by atoms with Crippen LogP contribution in [0.25, 0.3) is 11.5 Å². The van der Waals surface area contributed by atoms with Crippen molar-refractivity contribution in [2.45, 2.75) is 13.0 Å². The summed E-state index contributed by atoms with van der Waals surface area (Å²) in [5, 5.41) is 13.5. The quantitative estimate of drug-likeness (QED) is 0.675. The highest BCUT2D eigenvalue weighted by Crippen LogP contribution is 2.15. The van der Waals surface area contributed by atoms with E-state index < -0.39 is 0 Å². The molecule has 76 valence electrons. The first-order chi connectivity index (χ1) is 7.43. The van der Waals surface area contributed by atoms with E-state index in [9.17, 15) is 0 Å². The summed E-state index contributed by atoms with van der Waals surface area (Å²) in [5.74, 6) is 0.643. The van der Waals surface area contributed by atoms with Crippen LogP contribution in [0.3, 0.4) is 0 Å². The van der Waals surface area contributed by atoms with E-state index in [0.29, 0.717) is 11.5 Å². The maximum atomic E-state index is 4.48. The molecule has 0 unspecified atom stereocenters. The third-order valence-corrected chi connectivity index (χ3v) is 2.45. The van der Waals surface area contributed by atoms with Crippen molar-refractivity contribution in [1.29, 1.82) is 0 Å². The lowest BCUT2D eigenvalue weighted by molar-refractivity contribution is 0.626. The molecular weight excluding hydrogens is 192 g/mol. The Balaban J connectivity index is 2.04. The van der Waals surface area contributed by atoms with E-state index in [0.717, 1.165) is 25.2 Å². The van der Waals surface area contributed by atoms with Crippen molar-refractivity contribution in [2.24, 2.45) is 0 Å². The van der Waals surface area contributed by atoms with Gasteiger partial charge in [0, 0.05) is 31.3 Å². The summed E-state index contributed by atoms with van der Waals surface area (Å²) >= 11 is 0. The van der Waals surface area contributed by atoms with Crippen LogP contribution >= 0.6 is 0 Å². The Morgan fingerprint density at radius 1 is 1.27 bits per heavy atom. The SMILES string of the molecule is c1n[nH]nc1-c1ncc2c(n1)CCNC2. The first-order valence-corrected chi connectivity index (χ1v) is 4.85. The molecule has 0 radical (unpaired) electrons. The largest absolute Gasteiger partial charge is 0.312 e. The number of aromatic amines is 1. The minimum absolute atomic E-state index is 0.643. The van der Waals surface area contributed by atoms with Crippen LogP contribution in [-0.4, -0.2) is 31.9 Å². The van der Waals surface area contributed by atoms with Crippen molar-refractivity contribution >= 4 is 0 Å². The lowest BCUT2D eigenvalue weighted by Gasteiger charge is -2.15. The molecule has 2 aromatic heterocycles. The molecule has 2 N–H and O–H groups in total. The van der Waals surface area contributed by atoms with E-state index in [4.69, 9.17) is 0 Å². The van der Waals surface area contributed by atoms with E-state index in [1.165, 1.54) is 5.56 Å². The molecule has 0 spiro atoms. The van der Waals surface area contributed by atoms with Gasteiger partial charge in [0.2, 0.25) is 0 Å². The normalized spacial score (nSPS) is 14.9. The second kappa shape index (κ2) is 3.39. The number of hydrogen-bond donors (Lipinski definition) is 2. The predicted molar refractivity (Wildman–Crippen MR) is 52.8 cm³/mol. The first kappa shape index (κ1) is 8.49. The molecule has 0 aliphatic carbocycles. The van der Waals surface area contributed by atoms with Gasteiger partial charge in [-0.15, -0.1) is 0 Å². The summed E-state index contributed by atoms with van der Waals surface area (Å²) in [6.07, 6.45) is 4.43. The zero-order valence-electron chi connectivity index (χ0n) is 8.06. The number of hydrogen-bond acceptors (Lipinski definition) is 5. The highest BCUT2D eigenvalue weighted by molar-refractivity contribution is 5.47. The smallest absolute Gasteiger partial charge is 0.181 e. The molecule has 0 fully saturated rings. The van der Waals surface area contributed by atoms with Crippen LogP contribution in [0.1, 0.15) is 11.3 Å². The fraction of sp³-hybridized carbons (Fsp3) is 0.333. The van der Waals surface area contributed by atoms with Gasteiger partial charge in [0.15, 0.2) is 5.82 Å². The third-order valence-electron chi connectivity index (χ3n) is 2.45. The van der Waals surface area contributed by atoms with Gasteiger partial charge < -0.3 is 5.32 Å². The van der Waals surface area contributed by atoms with Crippen LogP contribution in [-0.2, 0) is 13.0 Å². The van der Waals surface area contributed by atoms with Gasteiger partial charge in [0.05, 0.1) is 11.9 Å². The molecule has 0 atom stereocenters. The monoisotopic (exact) mass is 202 g/mol. The summed E-state index contributed by atoms with van der Waals surface area (Å²) < 4.78 is 0. The standard InChI is InChI=1S/C9H10N6/c1-2-10-3-6-4-11-9(13-7(1)6)8-5-12-15-14-8/h4-5,10H,1-3H2,(H,12,14,15). The predicted octanol–water partition coefficient (Wildman–Crippen LogP) is -0.0926. The molecular formula is C9H10N6. The molecule has 6 nitrogen and oxygen atoms in total. The number of rotatable bonds is 1. The summed E-state index contributed by atoms with van der Waals surface area (Å²) in [6, 6.07) is 0. The van der Waals surface area contributed by atoms with Crippen LogP contribution in [0, 0.1) is 0 Å². The molecule has 6 heteroatoms. The van der Waals surface area contributed by atoms with E-state index in [-0.39, 0.29) is 0 Å². The van der Waals surface area contributed by atoms with Gasteiger partial charge in [0.25, 0.3) is 0 Å². The maximum absolute atomic E-state index is 4.48. The van der Waals surface area contributed by atoms with Crippen LogP contribution in [0.15, 0.2) is 12.4 Å². The fourth-order valence-corrected chi connectivity index (χ4v) is 1.67. The number of nitrogens with one attached hydrogen (secondary N) is 2. The van der Waals surface area contributed by atoms with Gasteiger partial charge in [0.1, 0.15) is 5.69 Å². The topological polar surface area (TPSA) is 79.4 Å². The molecule has 15 heavy (non-hydrogen) atoms. The van der Waals surface area contributed by atoms with Crippen molar-refractivity contribution in [2.75, 3.05) is 6.54 Å². The number of aromatic nitrogens is 5. The van der Waals surface area contributed by atoms with Gasteiger partial charge in [-0.3, -0.25) is 0 Å². The molecule has 0 saturated carbocycles. The molecule has 3 rings (SSSR count). The van der Waals surface area contributed by atoms with E-state index >= 15 is 0 Å². The van der Waals surface area contributed by atoms with Gasteiger partial charge in [-0.05, 0) is 0 Å². The Morgan fingerprint density at radius 2 is 2.27 bits per heavy atom. The fourth-order valence-electron chi connectivity index (χ4n) is 1.67.